The maximum absolute atomic E-state index is 14.0. The molecule has 0 spiro atoms. The van der Waals surface area contributed by atoms with E-state index in [0.717, 1.165) is 0 Å². The van der Waals surface area contributed by atoms with Crippen LogP contribution >= 0.6 is 11.8 Å². The predicted octanol–water partition coefficient (Wildman–Crippen LogP) is 5.40. The summed E-state index contributed by atoms with van der Waals surface area (Å²) in [6.45, 7) is 3.97. The molecule has 2 aromatic carbocycles. The van der Waals surface area contributed by atoms with Crippen molar-refractivity contribution < 1.29 is 13.6 Å². The molecule has 8 heteroatoms. The van der Waals surface area contributed by atoms with E-state index in [2.05, 4.69) is 15.3 Å². The molecule has 0 amide bonds. The molecule has 174 valence electrons. The Labute approximate surface area is 199 Å². The molecule has 2 unspecified atom stereocenters. The highest BCUT2D eigenvalue weighted by Crippen LogP contribution is 2.47. The average Bonchev–Trinajstić information content (AvgIpc) is 2.77. The summed E-state index contributed by atoms with van der Waals surface area (Å²) in [7, 11) is 0. The van der Waals surface area contributed by atoms with Crippen LogP contribution < -0.4 is 10.9 Å². The molecule has 0 saturated heterocycles. The van der Waals surface area contributed by atoms with Gasteiger partial charge in [-0.2, -0.15) is 0 Å². The minimum absolute atomic E-state index is 0.0207. The smallest absolute Gasteiger partial charge is 0.257 e. The molecular weight excluding hydrogens is 456 g/mol. The van der Waals surface area contributed by atoms with Gasteiger partial charge in [-0.3, -0.25) is 9.59 Å². The van der Waals surface area contributed by atoms with E-state index >= 15 is 0 Å². The number of rotatable bonds is 4. The molecule has 2 N–H and O–H groups in total. The molecule has 2 atom stereocenters. The van der Waals surface area contributed by atoms with E-state index in [1.807, 2.05) is 19.9 Å². The summed E-state index contributed by atoms with van der Waals surface area (Å²) in [5, 5.41) is 3.58. The Hall–Kier alpha value is -3.26. The lowest BCUT2D eigenvalue weighted by atomic mass is 9.67. The Kier molecular flexibility index (Phi) is 5.64. The molecule has 1 aromatic heterocycles. The minimum atomic E-state index is -0.589. The zero-order valence-corrected chi connectivity index (χ0v) is 19.5. The first-order valence-corrected chi connectivity index (χ1v) is 12.0. The summed E-state index contributed by atoms with van der Waals surface area (Å²) in [6.07, 6.45) is 2.37. The molecule has 0 radical (unpaired) electrons. The van der Waals surface area contributed by atoms with Gasteiger partial charge in [0.1, 0.15) is 23.2 Å². The zero-order chi connectivity index (χ0) is 24.0. The van der Waals surface area contributed by atoms with Gasteiger partial charge in [-0.15, -0.1) is 0 Å². The largest absolute Gasteiger partial charge is 0.343 e. The number of anilines is 1. The van der Waals surface area contributed by atoms with Gasteiger partial charge in [-0.05, 0) is 34.7 Å². The van der Waals surface area contributed by atoms with E-state index in [1.165, 1.54) is 30.0 Å². The van der Waals surface area contributed by atoms with E-state index in [9.17, 15) is 18.4 Å². The van der Waals surface area contributed by atoms with Crippen LogP contribution in [0.4, 0.5) is 14.6 Å². The highest BCUT2D eigenvalue weighted by Gasteiger charge is 2.45. The van der Waals surface area contributed by atoms with Crippen molar-refractivity contribution in [2.24, 2.45) is 11.3 Å². The van der Waals surface area contributed by atoms with E-state index in [4.69, 9.17) is 0 Å². The number of allylic oxidation sites excluding steroid dienone is 2. The van der Waals surface area contributed by atoms with E-state index in [-0.39, 0.29) is 22.6 Å². The van der Waals surface area contributed by atoms with Crippen molar-refractivity contribution in [2.45, 2.75) is 37.1 Å². The molecule has 0 fully saturated rings. The maximum atomic E-state index is 14.0. The van der Waals surface area contributed by atoms with Gasteiger partial charge in [0.25, 0.3) is 5.56 Å². The van der Waals surface area contributed by atoms with Crippen molar-refractivity contribution in [3.63, 3.8) is 0 Å². The van der Waals surface area contributed by atoms with Gasteiger partial charge in [0.2, 0.25) is 0 Å². The minimum Gasteiger partial charge on any atom is -0.343 e. The topological polar surface area (TPSA) is 74.8 Å². The predicted molar refractivity (Wildman–Crippen MR) is 128 cm³/mol. The lowest BCUT2D eigenvalue weighted by Gasteiger charge is -2.40. The quantitative estimate of drug-likeness (QED) is 0.387. The third-order valence-corrected chi connectivity index (χ3v) is 7.17. The first-order chi connectivity index (χ1) is 16.2. The number of aromatic amines is 1. The fraction of sp³-hybridized carbons (Fsp3) is 0.269. The number of aromatic nitrogens is 2. The van der Waals surface area contributed by atoms with Gasteiger partial charge in [0.05, 0.1) is 11.5 Å². The summed E-state index contributed by atoms with van der Waals surface area (Å²) in [5.41, 5.74) is 1.51. The highest BCUT2D eigenvalue weighted by atomic mass is 32.2. The second-order valence-corrected chi connectivity index (χ2v) is 10.3. The first-order valence-electron chi connectivity index (χ1n) is 11.0. The number of nitrogens with one attached hydrogen (secondary N) is 2. The highest BCUT2D eigenvalue weighted by molar-refractivity contribution is 7.98. The average molecular weight is 480 g/mol. The lowest BCUT2D eigenvalue weighted by molar-refractivity contribution is -0.124. The first kappa shape index (κ1) is 22.5. The maximum Gasteiger partial charge on any atom is 0.257 e. The Morgan fingerprint density at radius 1 is 1.06 bits per heavy atom. The summed E-state index contributed by atoms with van der Waals surface area (Å²) >= 11 is 1.22. The normalized spacial score (nSPS) is 20.7. The number of ketones is 1. The Bertz CT molecular complexity index is 1370. The number of hydrogen-bond acceptors (Lipinski definition) is 5. The van der Waals surface area contributed by atoms with E-state index < -0.39 is 17.7 Å². The third-order valence-electron chi connectivity index (χ3n) is 6.25. The summed E-state index contributed by atoms with van der Waals surface area (Å²) in [5.74, 6) is -1.20. The number of carbonyl (C=O) groups is 1. The van der Waals surface area contributed by atoms with Crippen molar-refractivity contribution in [1.29, 1.82) is 0 Å². The third kappa shape index (κ3) is 4.18. The van der Waals surface area contributed by atoms with Crippen LogP contribution in [0.15, 0.2) is 70.3 Å². The van der Waals surface area contributed by atoms with Crippen LogP contribution in [0.1, 0.15) is 42.9 Å². The second-order valence-electron chi connectivity index (χ2n) is 9.38. The molecule has 2 heterocycles. The van der Waals surface area contributed by atoms with Gasteiger partial charge < -0.3 is 10.3 Å². The fourth-order valence-corrected chi connectivity index (χ4v) is 5.63. The van der Waals surface area contributed by atoms with Crippen molar-refractivity contribution in [3.8, 4) is 0 Å². The van der Waals surface area contributed by atoms with Gasteiger partial charge in [0, 0.05) is 23.8 Å². The molecule has 2 aliphatic rings. The zero-order valence-electron chi connectivity index (χ0n) is 18.7. The monoisotopic (exact) mass is 479 g/mol. The van der Waals surface area contributed by atoms with Crippen LogP contribution in [0, 0.1) is 23.0 Å². The van der Waals surface area contributed by atoms with Crippen molar-refractivity contribution in [1.82, 2.24) is 9.97 Å². The lowest BCUT2D eigenvalue weighted by Crippen LogP contribution is -2.41. The SMILES string of the molecule is CC1(C)C=C2Nc3nc(SCc4ccccc4F)[nH]c(=O)c3C(c3ccc(F)cc3)C2C(=O)C1. The number of Topliss-reactive ketones (excluding diaryl/α,β-unsaturated/α-hetero) is 1. The number of fused-ring (bicyclic) bond motifs is 2. The summed E-state index contributed by atoms with van der Waals surface area (Å²) in [6, 6.07) is 12.3. The molecule has 1 aliphatic carbocycles. The van der Waals surface area contributed by atoms with Crippen molar-refractivity contribution in [2.75, 3.05) is 5.32 Å². The molecule has 0 saturated carbocycles. The van der Waals surface area contributed by atoms with Gasteiger partial charge >= 0.3 is 0 Å². The number of hydrogen-bond donors (Lipinski definition) is 2. The van der Waals surface area contributed by atoms with E-state index in [0.29, 0.717) is 45.5 Å². The van der Waals surface area contributed by atoms with Gasteiger partial charge in [0.15, 0.2) is 5.16 Å². The fourth-order valence-electron chi connectivity index (χ4n) is 4.78. The summed E-state index contributed by atoms with van der Waals surface area (Å²) in [4.78, 5) is 34.0. The molecular formula is C26H23F2N3O2S. The number of thioether (sulfide) groups is 1. The molecule has 3 aromatic rings. The molecule has 0 bridgehead atoms. The van der Waals surface area contributed by atoms with Crippen LogP contribution in [0.2, 0.25) is 0 Å². The molecule has 34 heavy (non-hydrogen) atoms. The van der Waals surface area contributed by atoms with Crippen LogP contribution in [-0.2, 0) is 10.5 Å². The van der Waals surface area contributed by atoms with Gasteiger partial charge in [-0.1, -0.05) is 62.0 Å². The molecule has 1 aliphatic heterocycles. The van der Waals surface area contributed by atoms with Crippen LogP contribution in [0.25, 0.3) is 0 Å². The number of benzene rings is 2. The number of nitrogens with zero attached hydrogens (tertiary/aromatic N) is 1. The van der Waals surface area contributed by atoms with Crippen LogP contribution in [0.3, 0.4) is 0 Å². The van der Waals surface area contributed by atoms with E-state index in [1.54, 1.807) is 30.3 Å². The van der Waals surface area contributed by atoms with Crippen LogP contribution in [0.5, 0.6) is 0 Å². The summed E-state index contributed by atoms with van der Waals surface area (Å²) < 4.78 is 27.7. The second kappa shape index (κ2) is 8.51. The number of halogens is 2. The van der Waals surface area contributed by atoms with Crippen molar-refractivity contribution in [3.05, 3.63) is 99.0 Å². The van der Waals surface area contributed by atoms with Gasteiger partial charge in [-0.25, -0.2) is 13.8 Å². The molecule has 5 nitrogen and oxygen atoms in total. The Morgan fingerprint density at radius 2 is 1.79 bits per heavy atom. The standard InChI is InChI=1S/C26H23F2N3O2S/c1-26(2)11-18-21(19(32)12-26)20(14-7-9-16(27)10-8-14)22-23(29-18)30-25(31-24(22)33)34-13-15-5-3-4-6-17(15)28/h3-11,20-21H,12-13H2,1-2H3,(H2,29,30,31,33). The number of H-pyrrole nitrogens is 1. The van der Waals surface area contributed by atoms with Crippen LogP contribution in [-0.4, -0.2) is 15.8 Å². The molecule has 5 rings (SSSR count). The number of carbonyl (C=O) groups excluding carboxylic acids is 1. The Balaban J connectivity index is 1.59. The Morgan fingerprint density at radius 3 is 2.53 bits per heavy atom. The van der Waals surface area contributed by atoms with Crippen molar-refractivity contribution >= 4 is 23.4 Å².